The predicted molar refractivity (Wildman–Crippen MR) is 115 cm³/mol. The Bertz CT molecular complexity index is 1060. The molecule has 1 amide bonds. The SMILES string of the molecule is CC(=O)N1C[C@H]2CN(Cc3cnc4ccccc4c3)C[C@H]2[C@@H]1c1ccccc1C. The molecule has 0 spiro atoms. The number of carbonyl (C=O) groups excluding carboxylic acids is 1. The van der Waals surface area contributed by atoms with E-state index in [2.05, 4.69) is 70.2 Å². The summed E-state index contributed by atoms with van der Waals surface area (Å²) in [5.41, 5.74) is 4.90. The van der Waals surface area contributed by atoms with Crippen molar-refractivity contribution in [3.63, 3.8) is 0 Å². The van der Waals surface area contributed by atoms with Crippen LogP contribution in [-0.2, 0) is 11.3 Å². The zero-order valence-electron chi connectivity index (χ0n) is 17.1. The molecule has 4 heteroatoms. The summed E-state index contributed by atoms with van der Waals surface area (Å²) in [4.78, 5) is 21.6. The number of hydrogen-bond donors (Lipinski definition) is 0. The van der Waals surface area contributed by atoms with Crippen LogP contribution in [0.3, 0.4) is 0 Å². The molecule has 2 aliphatic rings. The number of pyridine rings is 1. The first-order valence-electron chi connectivity index (χ1n) is 10.5. The summed E-state index contributed by atoms with van der Waals surface area (Å²) in [6, 6.07) is 19.3. The zero-order valence-corrected chi connectivity index (χ0v) is 17.1. The summed E-state index contributed by atoms with van der Waals surface area (Å²) in [7, 11) is 0. The number of likely N-dealkylation sites (tertiary alicyclic amines) is 2. The quantitative estimate of drug-likeness (QED) is 0.678. The molecule has 0 aliphatic carbocycles. The Morgan fingerprint density at radius 3 is 2.69 bits per heavy atom. The van der Waals surface area contributed by atoms with Crippen molar-refractivity contribution < 1.29 is 4.79 Å². The second kappa shape index (κ2) is 7.27. The monoisotopic (exact) mass is 385 g/mol. The van der Waals surface area contributed by atoms with Crippen LogP contribution in [0.4, 0.5) is 0 Å². The fourth-order valence-corrected chi connectivity index (χ4v) is 5.37. The van der Waals surface area contributed by atoms with Crippen molar-refractivity contribution >= 4 is 16.8 Å². The number of aryl methyl sites for hydroxylation is 1. The van der Waals surface area contributed by atoms with Gasteiger partial charge in [-0.1, -0.05) is 42.5 Å². The minimum atomic E-state index is 0.193. The summed E-state index contributed by atoms with van der Waals surface area (Å²) in [5.74, 6) is 1.23. The molecule has 0 saturated carbocycles. The highest BCUT2D eigenvalue weighted by molar-refractivity contribution is 5.78. The molecule has 3 heterocycles. The topological polar surface area (TPSA) is 36.4 Å². The van der Waals surface area contributed by atoms with Crippen LogP contribution in [0.5, 0.6) is 0 Å². The van der Waals surface area contributed by atoms with Gasteiger partial charge in [-0.15, -0.1) is 0 Å². The summed E-state index contributed by atoms with van der Waals surface area (Å²) in [6.07, 6.45) is 2.01. The molecule has 4 nitrogen and oxygen atoms in total. The van der Waals surface area contributed by atoms with Gasteiger partial charge in [0.25, 0.3) is 0 Å². The molecule has 0 unspecified atom stereocenters. The first-order chi connectivity index (χ1) is 14.1. The Kier molecular flexibility index (Phi) is 4.59. The highest BCUT2D eigenvalue weighted by Gasteiger charge is 2.48. The number of aromatic nitrogens is 1. The lowest BCUT2D eigenvalue weighted by molar-refractivity contribution is -0.130. The van der Waals surface area contributed by atoms with Gasteiger partial charge in [-0.3, -0.25) is 14.7 Å². The Morgan fingerprint density at radius 1 is 1.07 bits per heavy atom. The van der Waals surface area contributed by atoms with Gasteiger partial charge in [-0.25, -0.2) is 0 Å². The molecular formula is C25H27N3O. The van der Waals surface area contributed by atoms with E-state index >= 15 is 0 Å². The third kappa shape index (κ3) is 3.32. The van der Waals surface area contributed by atoms with E-state index in [-0.39, 0.29) is 11.9 Å². The maximum atomic E-state index is 12.4. The fourth-order valence-electron chi connectivity index (χ4n) is 5.37. The van der Waals surface area contributed by atoms with Crippen molar-refractivity contribution in [1.29, 1.82) is 0 Å². The lowest BCUT2D eigenvalue weighted by atomic mass is 9.87. The zero-order chi connectivity index (χ0) is 20.0. The number of amides is 1. The number of fused-ring (bicyclic) bond motifs is 2. The van der Waals surface area contributed by atoms with E-state index in [0.29, 0.717) is 11.8 Å². The maximum absolute atomic E-state index is 12.4. The van der Waals surface area contributed by atoms with Crippen LogP contribution in [0, 0.1) is 18.8 Å². The minimum Gasteiger partial charge on any atom is -0.335 e. The molecule has 0 radical (unpaired) electrons. The molecule has 3 aromatic rings. The highest BCUT2D eigenvalue weighted by atomic mass is 16.2. The van der Waals surface area contributed by atoms with Gasteiger partial charge in [0.15, 0.2) is 0 Å². The Labute approximate surface area is 172 Å². The molecule has 2 aromatic carbocycles. The molecule has 2 saturated heterocycles. The van der Waals surface area contributed by atoms with Crippen molar-refractivity contribution in [2.24, 2.45) is 11.8 Å². The number of rotatable bonds is 3. The second-order valence-electron chi connectivity index (χ2n) is 8.63. The number of carbonyl (C=O) groups is 1. The van der Waals surface area contributed by atoms with Crippen LogP contribution in [0.1, 0.15) is 29.7 Å². The first kappa shape index (κ1) is 18.3. The lowest BCUT2D eigenvalue weighted by Crippen LogP contribution is -2.34. The third-order valence-electron chi connectivity index (χ3n) is 6.70. The average molecular weight is 386 g/mol. The molecule has 2 fully saturated rings. The van der Waals surface area contributed by atoms with Crippen molar-refractivity contribution in [3.8, 4) is 0 Å². The van der Waals surface area contributed by atoms with Crippen molar-refractivity contribution in [3.05, 3.63) is 77.5 Å². The maximum Gasteiger partial charge on any atom is 0.219 e. The number of benzene rings is 2. The number of nitrogens with zero attached hydrogens (tertiary/aromatic N) is 3. The fraction of sp³-hybridized carbons (Fsp3) is 0.360. The Balaban J connectivity index is 1.38. The second-order valence-corrected chi connectivity index (χ2v) is 8.63. The van der Waals surface area contributed by atoms with E-state index in [4.69, 9.17) is 0 Å². The summed E-state index contributed by atoms with van der Waals surface area (Å²) < 4.78 is 0. The molecule has 3 atom stereocenters. The number of hydrogen-bond acceptors (Lipinski definition) is 3. The highest BCUT2D eigenvalue weighted by Crippen LogP contribution is 2.46. The Morgan fingerprint density at radius 2 is 1.86 bits per heavy atom. The molecule has 29 heavy (non-hydrogen) atoms. The van der Waals surface area contributed by atoms with Crippen molar-refractivity contribution in [2.75, 3.05) is 19.6 Å². The Hall–Kier alpha value is -2.72. The smallest absolute Gasteiger partial charge is 0.219 e. The number of para-hydroxylation sites is 1. The molecule has 5 rings (SSSR count). The van der Waals surface area contributed by atoms with E-state index in [1.807, 2.05) is 12.3 Å². The predicted octanol–water partition coefficient (Wildman–Crippen LogP) is 4.19. The average Bonchev–Trinajstić information content (AvgIpc) is 3.26. The van der Waals surface area contributed by atoms with Gasteiger partial charge in [0.1, 0.15) is 0 Å². The van der Waals surface area contributed by atoms with Crippen LogP contribution >= 0.6 is 0 Å². The molecule has 0 N–H and O–H groups in total. The van der Waals surface area contributed by atoms with Crippen molar-refractivity contribution in [2.45, 2.75) is 26.4 Å². The summed E-state index contributed by atoms with van der Waals surface area (Å²) in [5, 5.41) is 1.20. The van der Waals surface area contributed by atoms with Crippen molar-refractivity contribution in [1.82, 2.24) is 14.8 Å². The molecule has 0 bridgehead atoms. The van der Waals surface area contributed by atoms with Gasteiger partial charge in [0.05, 0.1) is 11.6 Å². The molecule has 2 aliphatic heterocycles. The van der Waals surface area contributed by atoms with Gasteiger partial charge in [-0.05, 0) is 41.7 Å². The molecular weight excluding hydrogens is 358 g/mol. The minimum absolute atomic E-state index is 0.193. The van der Waals surface area contributed by atoms with E-state index in [0.717, 1.165) is 31.7 Å². The van der Waals surface area contributed by atoms with E-state index in [9.17, 15) is 4.79 Å². The van der Waals surface area contributed by atoms with E-state index in [1.165, 1.54) is 22.1 Å². The summed E-state index contributed by atoms with van der Waals surface area (Å²) in [6.45, 7) is 7.74. The third-order valence-corrected chi connectivity index (χ3v) is 6.70. The van der Waals surface area contributed by atoms with Gasteiger partial charge < -0.3 is 4.90 Å². The molecule has 148 valence electrons. The van der Waals surface area contributed by atoms with Gasteiger partial charge in [0, 0.05) is 50.6 Å². The van der Waals surface area contributed by atoms with Gasteiger partial charge >= 0.3 is 0 Å². The van der Waals surface area contributed by atoms with Crippen LogP contribution in [0.25, 0.3) is 10.9 Å². The summed E-state index contributed by atoms with van der Waals surface area (Å²) >= 11 is 0. The van der Waals surface area contributed by atoms with Crippen LogP contribution in [-0.4, -0.2) is 40.3 Å². The largest absolute Gasteiger partial charge is 0.335 e. The standard InChI is InChI=1S/C25H27N3O/c1-17-7-3-5-9-22(17)25-23-16-27(14-21(23)15-28(25)18(2)29)13-19-11-20-8-4-6-10-24(20)26-12-19/h3-12,21,23,25H,13-16H2,1-2H3/t21-,23-,25+/m1/s1. The first-order valence-corrected chi connectivity index (χ1v) is 10.5. The van der Waals surface area contributed by atoms with Crippen LogP contribution < -0.4 is 0 Å². The van der Waals surface area contributed by atoms with Crippen LogP contribution in [0.2, 0.25) is 0 Å². The van der Waals surface area contributed by atoms with Crippen LogP contribution in [0.15, 0.2) is 60.8 Å². The molecule has 1 aromatic heterocycles. The normalized spacial score (nSPS) is 24.2. The van der Waals surface area contributed by atoms with Gasteiger partial charge in [-0.2, -0.15) is 0 Å². The van der Waals surface area contributed by atoms with Gasteiger partial charge in [0.2, 0.25) is 5.91 Å². The lowest BCUT2D eigenvalue weighted by Gasteiger charge is -2.30. The van der Waals surface area contributed by atoms with E-state index in [1.54, 1.807) is 6.92 Å². The van der Waals surface area contributed by atoms with E-state index < -0.39 is 0 Å².